The number of hydrogen-bond acceptors (Lipinski definition) is 5. The minimum Gasteiger partial charge on any atom is -0.356 e. The molecule has 0 aromatic heterocycles. The maximum Gasteiger partial charge on any atom is 0.262 e. The van der Waals surface area contributed by atoms with Gasteiger partial charge in [0, 0.05) is 13.0 Å². The van der Waals surface area contributed by atoms with E-state index in [1.165, 1.54) is 0 Å². The number of hydrogen-bond donors (Lipinski definition) is 2. The van der Waals surface area contributed by atoms with Crippen molar-refractivity contribution in [3.63, 3.8) is 0 Å². The molecule has 2 N–H and O–H groups in total. The van der Waals surface area contributed by atoms with Gasteiger partial charge in [0.1, 0.15) is 12.2 Å². The Kier molecular flexibility index (Phi) is 4.89. The van der Waals surface area contributed by atoms with Crippen LogP contribution in [0.4, 0.5) is 4.39 Å². The molecule has 9 heteroatoms. The highest BCUT2D eigenvalue weighted by atomic mass is 19.1. The van der Waals surface area contributed by atoms with Crippen LogP contribution in [0.3, 0.4) is 0 Å². The van der Waals surface area contributed by atoms with Gasteiger partial charge in [-0.25, -0.2) is 4.39 Å². The van der Waals surface area contributed by atoms with Crippen LogP contribution in [0.25, 0.3) is 0 Å². The number of fused-ring (bicyclic) bond motifs is 1. The molecule has 1 saturated carbocycles. The minimum absolute atomic E-state index is 0.0742. The van der Waals surface area contributed by atoms with Gasteiger partial charge in [0.25, 0.3) is 11.8 Å². The Morgan fingerprint density at radius 3 is 2.59 bits per heavy atom. The summed E-state index contributed by atoms with van der Waals surface area (Å²) < 4.78 is 12.8. The van der Waals surface area contributed by atoms with Gasteiger partial charge in [0.05, 0.1) is 17.0 Å². The molecule has 0 radical (unpaired) electrons. The van der Waals surface area contributed by atoms with Crippen LogP contribution in [0.2, 0.25) is 0 Å². The SMILES string of the molecule is O=C1CCC(N2C(=O)c3ccc(CCCNC(=O)[C@H]4C[C@H]4F)cc3C2=O)C(=O)N1. The van der Waals surface area contributed by atoms with Crippen LogP contribution in [-0.4, -0.2) is 53.2 Å². The zero-order valence-corrected chi connectivity index (χ0v) is 15.6. The van der Waals surface area contributed by atoms with Crippen molar-refractivity contribution >= 4 is 29.5 Å². The third-order valence-corrected chi connectivity index (χ3v) is 5.49. The number of amides is 5. The summed E-state index contributed by atoms with van der Waals surface area (Å²) in [5, 5.41) is 4.85. The zero-order valence-electron chi connectivity index (χ0n) is 15.6. The molecule has 1 unspecified atom stereocenters. The highest BCUT2D eigenvalue weighted by molar-refractivity contribution is 6.23. The van der Waals surface area contributed by atoms with Gasteiger partial charge in [-0.1, -0.05) is 6.07 Å². The van der Waals surface area contributed by atoms with Crippen molar-refractivity contribution in [2.45, 2.75) is 44.3 Å². The lowest BCUT2D eigenvalue weighted by atomic mass is 10.0. The number of piperidine rings is 1. The average molecular weight is 401 g/mol. The molecule has 152 valence electrons. The zero-order chi connectivity index (χ0) is 20.7. The number of carbonyl (C=O) groups is 5. The summed E-state index contributed by atoms with van der Waals surface area (Å²) in [4.78, 5) is 61.3. The van der Waals surface area contributed by atoms with Crippen LogP contribution >= 0.6 is 0 Å². The van der Waals surface area contributed by atoms with Gasteiger partial charge in [0.15, 0.2) is 0 Å². The van der Waals surface area contributed by atoms with Gasteiger partial charge in [-0.05, 0) is 43.4 Å². The van der Waals surface area contributed by atoms with Crippen molar-refractivity contribution in [2.24, 2.45) is 5.92 Å². The van der Waals surface area contributed by atoms with Crippen molar-refractivity contribution in [2.75, 3.05) is 6.54 Å². The fourth-order valence-electron chi connectivity index (χ4n) is 3.74. The lowest BCUT2D eigenvalue weighted by Gasteiger charge is -2.27. The predicted octanol–water partition coefficient (Wildman–Crippen LogP) is 0.495. The standard InChI is InChI=1S/C20H20FN3O5/c21-14-9-13(14)17(26)22-7-1-2-10-3-4-11-12(8-10)20(29)24(19(11)28)15-5-6-16(25)23-18(15)27/h3-4,8,13-15H,1-2,5-7,9H2,(H,22,26)(H,23,25,27)/t13-,14+,15?/m0/s1. The van der Waals surface area contributed by atoms with E-state index in [9.17, 15) is 28.4 Å². The molecule has 1 aromatic rings. The molecule has 4 rings (SSSR count). The van der Waals surface area contributed by atoms with Crippen molar-refractivity contribution in [1.82, 2.24) is 15.5 Å². The van der Waals surface area contributed by atoms with Crippen LogP contribution in [0.1, 0.15) is 52.0 Å². The average Bonchev–Trinajstić information content (AvgIpc) is 3.37. The van der Waals surface area contributed by atoms with E-state index in [4.69, 9.17) is 0 Å². The minimum atomic E-state index is -1.03. The summed E-state index contributed by atoms with van der Waals surface area (Å²) in [6.07, 6.45) is 0.622. The second-order valence-corrected chi connectivity index (χ2v) is 7.58. The molecule has 0 spiro atoms. The number of nitrogens with zero attached hydrogens (tertiary/aromatic N) is 1. The highest BCUT2D eigenvalue weighted by Crippen LogP contribution is 2.33. The Hall–Kier alpha value is -3.10. The number of benzene rings is 1. The maximum atomic E-state index is 12.8. The van der Waals surface area contributed by atoms with E-state index in [2.05, 4.69) is 10.6 Å². The fourth-order valence-corrected chi connectivity index (χ4v) is 3.74. The second-order valence-electron chi connectivity index (χ2n) is 7.58. The van der Waals surface area contributed by atoms with Gasteiger partial charge in [-0.2, -0.15) is 0 Å². The molecule has 2 aliphatic heterocycles. The molecule has 5 amide bonds. The number of rotatable bonds is 6. The van der Waals surface area contributed by atoms with Crippen molar-refractivity contribution in [1.29, 1.82) is 0 Å². The molecule has 3 aliphatic rings. The van der Waals surface area contributed by atoms with Gasteiger partial charge in [-0.3, -0.25) is 34.2 Å². The topological polar surface area (TPSA) is 113 Å². The molecule has 2 heterocycles. The van der Waals surface area contributed by atoms with Crippen molar-refractivity contribution in [3.8, 4) is 0 Å². The van der Waals surface area contributed by atoms with Gasteiger partial charge in [-0.15, -0.1) is 0 Å². The Morgan fingerprint density at radius 1 is 1.17 bits per heavy atom. The Morgan fingerprint density at radius 2 is 1.90 bits per heavy atom. The molecular formula is C20H20FN3O5. The normalized spacial score (nSPS) is 25.7. The Labute approximate surface area is 165 Å². The lowest BCUT2D eigenvalue weighted by Crippen LogP contribution is -2.54. The monoisotopic (exact) mass is 401 g/mol. The Balaban J connectivity index is 1.38. The van der Waals surface area contributed by atoms with Gasteiger partial charge in [0.2, 0.25) is 17.7 Å². The van der Waals surface area contributed by atoms with E-state index < -0.39 is 41.8 Å². The van der Waals surface area contributed by atoms with E-state index in [-0.39, 0.29) is 36.3 Å². The van der Waals surface area contributed by atoms with Crippen molar-refractivity contribution < 1.29 is 28.4 Å². The van der Waals surface area contributed by atoms with E-state index in [0.717, 1.165) is 10.5 Å². The molecule has 2 fully saturated rings. The molecule has 3 atom stereocenters. The third-order valence-electron chi connectivity index (χ3n) is 5.49. The smallest absolute Gasteiger partial charge is 0.262 e. The van der Waals surface area contributed by atoms with Crippen LogP contribution < -0.4 is 10.6 Å². The number of imide groups is 2. The molecule has 29 heavy (non-hydrogen) atoms. The van der Waals surface area contributed by atoms with Crippen LogP contribution in [0.5, 0.6) is 0 Å². The fraction of sp³-hybridized carbons (Fsp3) is 0.450. The largest absolute Gasteiger partial charge is 0.356 e. The molecule has 0 bridgehead atoms. The molecule has 1 aliphatic carbocycles. The van der Waals surface area contributed by atoms with Gasteiger partial charge >= 0.3 is 0 Å². The second kappa shape index (κ2) is 7.38. The first-order valence-corrected chi connectivity index (χ1v) is 9.63. The van der Waals surface area contributed by atoms with E-state index >= 15 is 0 Å². The summed E-state index contributed by atoms with van der Waals surface area (Å²) in [6.45, 7) is 0.397. The predicted molar refractivity (Wildman–Crippen MR) is 97.4 cm³/mol. The summed E-state index contributed by atoms with van der Waals surface area (Å²) in [5.74, 6) is -2.93. The van der Waals surface area contributed by atoms with E-state index in [1.54, 1.807) is 18.2 Å². The summed E-state index contributed by atoms with van der Waals surface area (Å²) in [6, 6.07) is 3.94. The molecular weight excluding hydrogens is 381 g/mol. The quantitative estimate of drug-likeness (QED) is 0.532. The van der Waals surface area contributed by atoms with Crippen LogP contribution in [-0.2, 0) is 20.8 Å². The lowest BCUT2D eigenvalue weighted by molar-refractivity contribution is -0.136. The first kappa shape index (κ1) is 19.2. The maximum absolute atomic E-state index is 12.8. The summed E-state index contributed by atoms with van der Waals surface area (Å²) in [5.41, 5.74) is 1.29. The third kappa shape index (κ3) is 3.64. The van der Waals surface area contributed by atoms with E-state index in [0.29, 0.717) is 19.4 Å². The number of nitrogens with one attached hydrogen (secondary N) is 2. The highest BCUT2D eigenvalue weighted by Gasteiger charge is 2.45. The number of alkyl halides is 1. The number of carbonyl (C=O) groups excluding carboxylic acids is 5. The molecule has 1 aromatic carbocycles. The first-order chi connectivity index (χ1) is 13.9. The van der Waals surface area contributed by atoms with Crippen molar-refractivity contribution in [3.05, 3.63) is 34.9 Å². The Bertz CT molecular complexity index is 931. The summed E-state index contributed by atoms with van der Waals surface area (Å²) in [7, 11) is 0. The molecule has 8 nitrogen and oxygen atoms in total. The first-order valence-electron chi connectivity index (χ1n) is 9.63. The number of aryl methyl sites for hydroxylation is 1. The van der Waals surface area contributed by atoms with E-state index in [1.807, 2.05) is 0 Å². The van der Waals surface area contributed by atoms with Gasteiger partial charge < -0.3 is 5.32 Å². The van der Waals surface area contributed by atoms with Crippen LogP contribution in [0.15, 0.2) is 18.2 Å². The number of halogens is 1. The summed E-state index contributed by atoms with van der Waals surface area (Å²) >= 11 is 0. The van der Waals surface area contributed by atoms with Crippen LogP contribution in [0, 0.1) is 5.92 Å². The molecule has 1 saturated heterocycles.